The van der Waals surface area contributed by atoms with Crippen molar-refractivity contribution in [2.45, 2.75) is 33.1 Å². The smallest absolute Gasteiger partial charge is 0.254 e. The molecular weight excluding hydrogens is 392 g/mol. The summed E-state index contributed by atoms with van der Waals surface area (Å²) in [6.45, 7) is 4.42. The van der Waals surface area contributed by atoms with Crippen LogP contribution in [0.5, 0.6) is 11.5 Å². The number of pyridine rings is 1. The molecule has 7 nitrogen and oxygen atoms in total. The van der Waals surface area contributed by atoms with Crippen molar-refractivity contribution in [3.8, 4) is 22.6 Å². The van der Waals surface area contributed by atoms with Gasteiger partial charge in [-0.2, -0.15) is 0 Å². The van der Waals surface area contributed by atoms with E-state index in [1.165, 1.54) is 23.5 Å². The van der Waals surface area contributed by atoms with E-state index in [2.05, 4.69) is 4.72 Å². The van der Waals surface area contributed by atoms with E-state index in [-0.39, 0.29) is 11.3 Å². The number of anilines is 1. The summed E-state index contributed by atoms with van der Waals surface area (Å²) in [7, 11) is -1.75. The molecule has 1 saturated carbocycles. The lowest BCUT2D eigenvalue weighted by molar-refractivity contribution is 0.303. The Kier molecular flexibility index (Phi) is 6.52. The molecule has 0 saturated heterocycles. The van der Waals surface area contributed by atoms with Gasteiger partial charge in [-0.15, -0.1) is 0 Å². The van der Waals surface area contributed by atoms with Crippen LogP contribution in [0.4, 0.5) is 5.69 Å². The first-order valence-corrected chi connectivity index (χ1v) is 11.6. The van der Waals surface area contributed by atoms with Crippen LogP contribution in [-0.4, -0.2) is 32.0 Å². The molecular formula is C21H28N2O5S. The van der Waals surface area contributed by atoms with E-state index in [1.54, 1.807) is 38.4 Å². The molecule has 0 spiro atoms. The molecule has 1 aromatic heterocycles. The summed E-state index contributed by atoms with van der Waals surface area (Å²) >= 11 is 0. The van der Waals surface area contributed by atoms with Crippen LogP contribution in [0.15, 0.2) is 35.3 Å². The van der Waals surface area contributed by atoms with Gasteiger partial charge in [0.05, 0.1) is 19.0 Å². The third kappa shape index (κ3) is 5.53. The molecule has 1 aliphatic carbocycles. The molecule has 0 aliphatic heterocycles. The highest BCUT2D eigenvalue weighted by atomic mass is 32.2. The van der Waals surface area contributed by atoms with Gasteiger partial charge >= 0.3 is 0 Å². The van der Waals surface area contributed by atoms with Gasteiger partial charge < -0.3 is 14.0 Å². The maximum Gasteiger partial charge on any atom is 0.254 e. The van der Waals surface area contributed by atoms with Gasteiger partial charge in [-0.1, -0.05) is 12.8 Å². The van der Waals surface area contributed by atoms with Crippen molar-refractivity contribution in [1.29, 1.82) is 0 Å². The van der Waals surface area contributed by atoms with Crippen molar-refractivity contribution in [2.24, 2.45) is 13.0 Å². The van der Waals surface area contributed by atoms with Crippen LogP contribution >= 0.6 is 0 Å². The topological polar surface area (TPSA) is 86.6 Å². The third-order valence-corrected chi connectivity index (χ3v) is 6.20. The monoisotopic (exact) mass is 420 g/mol. The number of nitrogens with zero attached hydrogens (tertiary/aromatic N) is 1. The van der Waals surface area contributed by atoms with Crippen LogP contribution in [0.2, 0.25) is 0 Å². The molecule has 158 valence electrons. The number of benzene rings is 1. The van der Waals surface area contributed by atoms with E-state index in [0.29, 0.717) is 41.5 Å². The number of hydrogen-bond donors (Lipinski definition) is 1. The Labute approximate surface area is 171 Å². The zero-order valence-corrected chi connectivity index (χ0v) is 17.9. The highest BCUT2D eigenvalue weighted by Gasteiger charge is 2.22. The van der Waals surface area contributed by atoms with E-state index in [1.807, 2.05) is 6.92 Å². The number of rotatable bonds is 10. The second-order valence-electron chi connectivity index (χ2n) is 7.23. The van der Waals surface area contributed by atoms with E-state index >= 15 is 0 Å². The predicted octanol–water partition coefficient (Wildman–Crippen LogP) is 3.39. The zero-order valence-electron chi connectivity index (χ0n) is 17.1. The molecule has 0 bridgehead atoms. The molecule has 0 atom stereocenters. The van der Waals surface area contributed by atoms with Crippen LogP contribution in [0.25, 0.3) is 11.1 Å². The van der Waals surface area contributed by atoms with Gasteiger partial charge in [0.25, 0.3) is 5.56 Å². The van der Waals surface area contributed by atoms with Gasteiger partial charge in [-0.05, 0) is 44.4 Å². The summed E-state index contributed by atoms with van der Waals surface area (Å²) in [5.74, 6) is 1.79. The van der Waals surface area contributed by atoms with Gasteiger partial charge in [0.2, 0.25) is 10.0 Å². The Bertz CT molecular complexity index is 1030. The van der Waals surface area contributed by atoms with Crippen LogP contribution in [0, 0.1) is 5.92 Å². The molecule has 1 fully saturated rings. The molecule has 1 heterocycles. The summed E-state index contributed by atoms with van der Waals surface area (Å²) in [5, 5.41) is 0. The molecule has 2 aromatic rings. The zero-order chi connectivity index (χ0) is 21.0. The second kappa shape index (κ2) is 8.90. The lowest BCUT2D eigenvalue weighted by Gasteiger charge is -2.17. The normalized spacial score (nSPS) is 13.9. The quantitative estimate of drug-likeness (QED) is 0.637. The number of hydrogen-bond acceptors (Lipinski definition) is 5. The predicted molar refractivity (Wildman–Crippen MR) is 114 cm³/mol. The maximum atomic E-state index is 12.1. The first-order chi connectivity index (χ1) is 13.8. The average molecular weight is 421 g/mol. The van der Waals surface area contributed by atoms with Gasteiger partial charge in [0, 0.05) is 36.1 Å². The highest BCUT2D eigenvalue weighted by Crippen LogP contribution is 2.38. The van der Waals surface area contributed by atoms with Crippen molar-refractivity contribution in [2.75, 3.05) is 23.7 Å². The number of ether oxygens (including phenoxy) is 2. The molecule has 29 heavy (non-hydrogen) atoms. The number of aryl methyl sites for hydroxylation is 1. The van der Waals surface area contributed by atoms with E-state index in [0.717, 1.165) is 12.3 Å². The molecule has 0 radical (unpaired) electrons. The summed E-state index contributed by atoms with van der Waals surface area (Å²) in [6.07, 6.45) is 5.19. The molecule has 3 rings (SSSR count). The lowest BCUT2D eigenvalue weighted by Crippen LogP contribution is -2.16. The molecule has 8 heteroatoms. The number of aromatic nitrogens is 1. The number of nitrogens with one attached hydrogen (secondary N) is 1. The Balaban J connectivity index is 2.04. The van der Waals surface area contributed by atoms with Crippen LogP contribution < -0.4 is 19.8 Å². The van der Waals surface area contributed by atoms with Crippen molar-refractivity contribution in [3.63, 3.8) is 0 Å². The van der Waals surface area contributed by atoms with Crippen LogP contribution in [0.1, 0.15) is 33.1 Å². The van der Waals surface area contributed by atoms with E-state index in [9.17, 15) is 13.2 Å². The molecule has 1 aromatic carbocycles. The molecule has 0 unspecified atom stereocenters. The highest BCUT2D eigenvalue weighted by molar-refractivity contribution is 7.92. The third-order valence-electron chi connectivity index (χ3n) is 4.89. The molecule has 1 N–H and O–H groups in total. The second-order valence-corrected chi connectivity index (χ2v) is 9.24. The fourth-order valence-electron chi connectivity index (χ4n) is 3.01. The van der Waals surface area contributed by atoms with E-state index < -0.39 is 10.0 Å². The SMILES string of the molecule is CCOc1cc(=O)n(C)cc1-c1cc(NS(=O)(=O)CC)ccc1OCCC1CC1. The Morgan fingerprint density at radius 3 is 2.52 bits per heavy atom. The van der Waals surface area contributed by atoms with Crippen LogP contribution in [-0.2, 0) is 17.1 Å². The van der Waals surface area contributed by atoms with E-state index in [4.69, 9.17) is 9.47 Å². The minimum Gasteiger partial charge on any atom is -0.493 e. The fraction of sp³-hybridized carbons (Fsp3) is 0.476. The Hall–Kier alpha value is -2.48. The molecule has 1 aliphatic rings. The first-order valence-electron chi connectivity index (χ1n) is 9.94. The lowest BCUT2D eigenvalue weighted by atomic mass is 10.0. The Morgan fingerprint density at radius 2 is 1.86 bits per heavy atom. The average Bonchev–Trinajstić information content (AvgIpc) is 3.50. The summed E-state index contributed by atoms with van der Waals surface area (Å²) < 4.78 is 39.8. The molecule has 0 amide bonds. The number of sulfonamides is 1. The summed E-state index contributed by atoms with van der Waals surface area (Å²) in [4.78, 5) is 12.1. The minimum atomic E-state index is -3.42. The van der Waals surface area contributed by atoms with Crippen molar-refractivity contribution in [3.05, 3.63) is 40.8 Å². The van der Waals surface area contributed by atoms with Gasteiger partial charge in [0.1, 0.15) is 11.5 Å². The van der Waals surface area contributed by atoms with Gasteiger partial charge in [-0.25, -0.2) is 8.42 Å². The fourth-order valence-corrected chi connectivity index (χ4v) is 3.64. The van der Waals surface area contributed by atoms with Gasteiger partial charge in [0.15, 0.2) is 0 Å². The minimum absolute atomic E-state index is 0.0218. The summed E-state index contributed by atoms with van der Waals surface area (Å²) in [5.41, 5.74) is 1.60. The van der Waals surface area contributed by atoms with Gasteiger partial charge in [-0.3, -0.25) is 9.52 Å². The Morgan fingerprint density at radius 1 is 1.10 bits per heavy atom. The van der Waals surface area contributed by atoms with Crippen molar-refractivity contribution >= 4 is 15.7 Å². The van der Waals surface area contributed by atoms with Crippen molar-refractivity contribution in [1.82, 2.24) is 4.57 Å². The largest absolute Gasteiger partial charge is 0.493 e. The standard InChI is InChI=1S/C21H28N2O5S/c1-4-27-20-13-21(24)23(3)14-18(20)17-12-16(22-29(25,26)5-2)8-9-19(17)28-11-10-15-6-7-15/h8-9,12-15,22H,4-7,10-11H2,1-3H3. The van der Waals surface area contributed by atoms with Crippen molar-refractivity contribution < 1.29 is 17.9 Å². The first kappa shape index (κ1) is 21.2. The summed E-state index contributed by atoms with van der Waals surface area (Å²) in [6, 6.07) is 6.61. The maximum absolute atomic E-state index is 12.1. The van der Waals surface area contributed by atoms with Crippen LogP contribution in [0.3, 0.4) is 0 Å².